The van der Waals surface area contributed by atoms with Gasteiger partial charge in [-0.05, 0) is 25.0 Å². The molecule has 2 aromatic carbocycles. The highest BCUT2D eigenvalue weighted by Crippen LogP contribution is 2.37. The second-order valence-electron chi connectivity index (χ2n) is 9.59. The fourth-order valence-electron chi connectivity index (χ4n) is 4.72. The van der Waals surface area contributed by atoms with Crippen LogP contribution in [-0.2, 0) is 14.3 Å². The number of nitrogens with two attached hydrogens (primary N) is 1. The first kappa shape index (κ1) is 29.9. The number of carbonyl (C=O) groups is 3. The Morgan fingerprint density at radius 1 is 1.07 bits per heavy atom. The molecule has 1 atom stereocenters. The number of halogens is 4. The minimum Gasteiger partial charge on any atom is -0.454 e. The Balaban J connectivity index is 1.42. The van der Waals surface area contributed by atoms with E-state index in [0.717, 1.165) is 25.3 Å². The van der Waals surface area contributed by atoms with Crippen molar-refractivity contribution in [3.63, 3.8) is 0 Å². The van der Waals surface area contributed by atoms with Crippen LogP contribution in [0.25, 0.3) is 22.3 Å². The summed E-state index contributed by atoms with van der Waals surface area (Å²) in [5.74, 6) is -7.17. The lowest BCUT2D eigenvalue weighted by atomic mass is 10.1. The molecule has 1 unspecified atom stereocenters. The number of imide groups is 1. The van der Waals surface area contributed by atoms with Gasteiger partial charge in [0.05, 0.1) is 18.5 Å². The van der Waals surface area contributed by atoms with Gasteiger partial charge in [0.2, 0.25) is 11.7 Å². The van der Waals surface area contributed by atoms with Crippen LogP contribution in [0.3, 0.4) is 0 Å². The molecule has 0 radical (unpaired) electrons. The number of piperidine rings is 1. The van der Waals surface area contributed by atoms with Crippen LogP contribution in [0.15, 0.2) is 48.8 Å². The standard InChI is InChI=1S/C28H23F4N7O5/c1-43-28(42)36-21(40)6-7-22(41)38-8-2-3-15(12-38)39-27-23(26(33)34-13-35-27)25(37-39)17-5-4-16(11-18(17)30)44-20-10-14(29)9-19(31)24(20)32/h4-7,9-11,13,15H,2-3,8,12H2,1H3,(H2,33,34,35)(H,36,40,42). The molecular formula is C28H23F4N7O5. The maximum absolute atomic E-state index is 15.5. The van der Waals surface area contributed by atoms with Crippen molar-refractivity contribution in [2.75, 3.05) is 25.9 Å². The first-order chi connectivity index (χ1) is 21.0. The topological polar surface area (TPSA) is 155 Å². The molecule has 0 saturated carbocycles. The molecule has 0 spiro atoms. The number of hydrogen-bond acceptors (Lipinski definition) is 9. The van der Waals surface area contributed by atoms with E-state index in [2.05, 4.69) is 19.8 Å². The molecule has 12 nitrogen and oxygen atoms in total. The van der Waals surface area contributed by atoms with E-state index >= 15 is 4.39 Å². The first-order valence-electron chi connectivity index (χ1n) is 13.0. The number of hydrogen-bond donors (Lipinski definition) is 2. The molecular weight excluding hydrogens is 590 g/mol. The number of anilines is 1. The largest absolute Gasteiger partial charge is 0.454 e. The summed E-state index contributed by atoms with van der Waals surface area (Å²) in [5.41, 5.74) is 6.45. The number of aromatic nitrogens is 4. The van der Waals surface area contributed by atoms with E-state index in [1.165, 1.54) is 28.0 Å². The lowest BCUT2D eigenvalue weighted by Gasteiger charge is -2.32. The van der Waals surface area contributed by atoms with Crippen molar-refractivity contribution < 1.29 is 41.4 Å². The van der Waals surface area contributed by atoms with Gasteiger partial charge in [0.15, 0.2) is 17.2 Å². The monoisotopic (exact) mass is 613 g/mol. The van der Waals surface area contributed by atoms with Gasteiger partial charge >= 0.3 is 6.09 Å². The Kier molecular flexibility index (Phi) is 8.41. The normalized spacial score (nSPS) is 15.0. The number of ether oxygens (including phenoxy) is 2. The molecule has 1 aliphatic rings. The number of amides is 3. The summed E-state index contributed by atoms with van der Waals surface area (Å²) in [6.45, 7) is 0.542. The van der Waals surface area contributed by atoms with Gasteiger partial charge in [-0.3, -0.25) is 14.9 Å². The summed E-state index contributed by atoms with van der Waals surface area (Å²) in [6, 6.07) is 3.98. The fourth-order valence-corrected chi connectivity index (χ4v) is 4.72. The zero-order valence-corrected chi connectivity index (χ0v) is 22.9. The first-order valence-corrected chi connectivity index (χ1v) is 13.0. The summed E-state index contributed by atoms with van der Waals surface area (Å²) >= 11 is 0. The van der Waals surface area contributed by atoms with Crippen LogP contribution in [0.2, 0.25) is 0 Å². The van der Waals surface area contributed by atoms with Gasteiger partial charge in [-0.15, -0.1) is 0 Å². The Hall–Kier alpha value is -5.54. The number of alkyl carbamates (subject to hydrolysis) is 1. The Labute approximate surface area is 246 Å². The second kappa shape index (κ2) is 12.4. The third kappa shape index (κ3) is 6.13. The molecule has 3 amide bonds. The molecule has 2 aromatic heterocycles. The highest BCUT2D eigenvalue weighted by molar-refractivity contribution is 6.02. The van der Waals surface area contributed by atoms with E-state index in [4.69, 9.17) is 10.5 Å². The van der Waals surface area contributed by atoms with Crippen LogP contribution in [0, 0.1) is 23.3 Å². The summed E-state index contributed by atoms with van der Waals surface area (Å²) < 4.78 is 67.7. The molecule has 44 heavy (non-hydrogen) atoms. The predicted octanol–water partition coefficient (Wildman–Crippen LogP) is 4.03. The molecule has 1 aliphatic heterocycles. The number of nitrogen functional groups attached to an aromatic ring is 1. The van der Waals surface area contributed by atoms with Crippen molar-refractivity contribution in [1.29, 1.82) is 0 Å². The molecule has 3 heterocycles. The van der Waals surface area contributed by atoms with Crippen LogP contribution >= 0.6 is 0 Å². The SMILES string of the molecule is COC(=O)NC(=O)C=CC(=O)N1CCCC(n2nc(-c3ccc(Oc4cc(F)cc(F)c4F)cc3F)c3c(N)ncnc32)C1. The van der Waals surface area contributed by atoms with Crippen molar-refractivity contribution in [2.24, 2.45) is 0 Å². The third-order valence-corrected chi connectivity index (χ3v) is 6.74. The number of carbonyl (C=O) groups excluding carboxylic acids is 3. The van der Waals surface area contributed by atoms with Crippen molar-refractivity contribution in [3.8, 4) is 22.8 Å². The lowest BCUT2D eigenvalue weighted by molar-refractivity contribution is -0.128. The molecule has 4 aromatic rings. The molecule has 0 bridgehead atoms. The summed E-state index contributed by atoms with van der Waals surface area (Å²) in [5, 5.41) is 6.74. The van der Waals surface area contributed by atoms with Crippen LogP contribution in [0.5, 0.6) is 11.5 Å². The number of methoxy groups -OCH3 is 1. The van der Waals surface area contributed by atoms with Crippen molar-refractivity contribution >= 4 is 34.8 Å². The average molecular weight is 614 g/mol. The fraction of sp³-hybridized carbons (Fsp3) is 0.214. The number of likely N-dealkylation sites (tertiary alicyclic amines) is 1. The van der Waals surface area contributed by atoms with E-state index < -0.39 is 53.0 Å². The summed E-state index contributed by atoms with van der Waals surface area (Å²) in [6.07, 6.45) is 3.31. The summed E-state index contributed by atoms with van der Waals surface area (Å²) in [4.78, 5) is 45.5. The Morgan fingerprint density at radius 2 is 1.86 bits per heavy atom. The highest BCUT2D eigenvalue weighted by Gasteiger charge is 2.29. The number of nitrogens with one attached hydrogen (secondary N) is 1. The molecule has 3 N–H and O–H groups in total. The smallest absolute Gasteiger partial charge is 0.413 e. The molecule has 0 aliphatic carbocycles. The van der Waals surface area contributed by atoms with E-state index in [1.54, 1.807) is 0 Å². The quantitative estimate of drug-likeness (QED) is 0.186. The van der Waals surface area contributed by atoms with Gasteiger partial charge in [0.1, 0.15) is 35.2 Å². The molecule has 1 saturated heterocycles. The maximum atomic E-state index is 15.5. The van der Waals surface area contributed by atoms with Gasteiger partial charge < -0.3 is 20.1 Å². The van der Waals surface area contributed by atoms with Crippen LogP contribution in [0.1, 0.15) is 18.9 Å². The molecule has 16 heteroatoms. The molecule has 5 rings (SSSR count). The van der Waals surface area contributed by atoms with Gasteiger partial charge in [-0.25, -0.2) is 32.6 Å². The van der Waals surface area contributed by atoms with Crippen LogP contribution < -0.4 is 15.8 Å². The zero-order chi connectivity index (χ0) is 31.5. The predicted molar refractivity (Wildman–Crippen MR) is 146 cm³/mol. The molecule has 1 fully saturated rings. The highest BCUT2D eigenvalue weighted by atomic mass is 19.2. The maximum Gasteiger partial charge on any atom is 0.413 e. The van der Waals surface area contributed by atoms with Crippen molar-refractivity contribution in [2.45, 2.75) is 18.9 Å². The van der Waals surface area contributed by atoms with Crippen molar-refractivity contribution in [1.82, 2.24) is 30.0 Å². The van der Waals surface area contributed by atoms with E-state index in [1.807, 2.05) is 5.32 Å². The average Bonchev–Trinajstić information content (AvgIpc) is 3.39. The number of fused-ring (bicyclic) bond motifs is 1. The van der Waals surface area contributed by atoms with Crippen molar-refractivity contribution in [3.05, 3.63) is 72.1 Å². The minimum atomic E-state index is -1.47. The van der Waals surface area contributed by atoms with E-state index in [0.29, 0.717) is 31.5 Å². The lowest BCUT2D eigenvalue weighted by Crippen LogP contribution is -2.40. The minimum absolute atomic E-state index is 0.0107. The number of benzene rings is 2. The van der Waals surface area contributed by atoms with Gasteiger partial charge in [-0.1, -0.05) is 0 Å². The van der Waals surface area contributed by atoms with Gasteiger partial charge in [0.25, 0.3) is 5.91 Å². The molecule has 228 valence electrons. The van der Waals surface area contributed by atoms with Crippen LogP contribution in [-0.4, -0.2) is 62.8 Å². The zero-order valence-electron chi connectivity index (χ0n) is 22.9. The van der Waals surface area contributed by atoms with Crippen LogP contribution in [0.4, 0.5) is 28.2 Å². The number of rotatable bonds is 6. The summed E-state index contributed by atoms with van der Waals surface area (Å²) in [7, 11) is 1.09. The Bertz CT molecular complexity index is 1810. The van der Waals surface area contributed by atoms with Gasteiger partial charge in [0, 0.05) is 49.0 Å². The van der Waals surface area contributed by atoms with E-state index in [-0.39, 0.29) is 40.4 Å². The van der Waals surface area contributed by atoms with Gasteiger partial charge in [-0.2, -0.15) is 9.49 Å². The Morgan fingerprint density at radius 3 is 2.61 bits per heavy atom. The third-order valence-electron chi connectivity index (χ3n) is 6.74. The second-order valence-corrected chi connectivity index (χ2v) is 9.59. The van der Waals surface area contributed by atoms with E-state index in [9.17, 15) is 27.6 Å². The number of nitrogens with zero attached hydrogens (tertiary/aromatic N) is 5.